The Hall–Kier alpha value is -3.72. The van der Waals surface area contributed by atoms with E-state index in [0.29, 0.717) is 24.1 Å². The van der Waals surface area contributed by atoms with Crippen molar-refractivity contribution >= 4 is 27.5 Å². The normalized spacial score (nSPS) is 13.0. The molecule has 2 atom stereocenters. The second kappa shape index (κ2) is 14.4. The zero-order chi connectivity index (χ0) is 31.0. The van der Waals surface area contributed by atoms with E-state index in [-0.39, 0.29) is 29.3 Å². The average molecular weight is 596 g/mol. The van der Waals surface area contributed by atoms with Gasteiger partial charge in [-0.05, 0) is 80.1 Å². The predicted octanol–water partition coefficient (Wildman–Crippen LogP) is 6.17. The molecular formula is C33H42FN3O4S. The van der Waals surface area contributed by atoms with Crippen LogP contribution in [0.5, 0.6) is 0 Å². The lowest BCUT2D eigenvalue weighted by atomic mass is 10.0. The van der Waals surface area contributed by atoms with Crippen LogP contribution in [-0.4, -0.2) is 43.8 Å². The molecule has 0 fully saturated rings. The number of aryl methyl sites for hydroxylation is 1. The van der Waals surface area contributed by atoms with Gasteiger partial charge >= 0.3 is 0 Å². The molecule has 0 bridgehead atoms. The number of hydrogen-bond acceptors (Lipinski definition) is 4. The first-order valence-electron chi connectivity index (χ1n) is 14.4. The van der Waals surface area contributed by atoms with Crippen LogP contribution in [0, 0.1) is 12.7 Å². The monoisotopic (exact) mass is 595 g/mol. The van der Waals surface area contributed by atoms with Crippen molar-refractivity contribution in [2.75, 3.05) is 10.8 Å². The molecule has 0 saturated carbocycles. The number of sulfonamides is 1. The predicted molar refractivity (Wildman–Crippen MR) is 165 cm³/mol. The van der Waals surface area contributed by atoms with Gasteiger partial charge in [-0.25, -0.2) is 12.8 Å². The maximum absolute atomic E-state index is 14.1. The van der Waals surface area contributed by atoms with Crippen molar-refractivity contribution < 1.29 is 22.4 Å². The van der Waals surface area contributed by atoms with Gasteiger partial charge in [-0.2, -0.15) is 0 Å². The zero-order valence-corrected chi connectivity index (χ0v) is 26.1. The van der Waals surface area contributed by atoms with E-state index in [2.05, 4.69) is 5.32 Å². The Bertz CT molecular complexity index is 1440. The number of anilines is 1. The largest absolute Gasteiger partial charge is 0.352 e. The highest BCUT2D eigenvalue weighted by atomic mass is 32.2. The van der Waals surface area contributed by atoms with Crippen LogP contribution in [0.15, 0.2) is 77.7 Å². The molecule has 1 N–H and O–H groups in total. The number of carbonyl (C=O) groups excluding carboxylic acids is 2. The van der Waals surface area contributed by atoms with Crippen LogP contribution >= 0.6 is 0 Å². The molecule has 7 nitrogen and oxygen atoms in total. The minimum absolute atomic E-state index is 0.0102. The fourth-order valence-electron chi connectivity index (χ4n) is 4.54. The van der Waals surface area contributed by atoms with Crippen LogP contribution in [0.3, 0.4) is 0 Å². The van der Waals surface area contributed by atoms with Crippen molar-refractivity contribution in [1.82, 2.24) is 10.2 Å². The minimum Gasteiger partial charge on any atom is -0.352 e. The van der Waals surface area contributed by atoms with Crippen LogP contribution in [-0.2, 0) is 26.2 Å². The number of halogens is 1. The van der Waals surface area contributed by atoms with Gasteiger partial charge in [-0.1, -0.05) is 69.7 Å². The topological polar surface area (TPSA) is 86.8 Å². The third-order valence-electron chi connectivity index (χ3n) is 7.39. The summed E-state index contributed by atoms with van der Waals surface area (Å²) in [4.78, 5) is 28.9. The van der Waals surface area contributed by atoms with Crippen molar-refractivity contribution in [3.05, 3.63) is 95.3 Å². The van der Waals surface area contributed by atoms with Gasteiger partial charge in [0.2, 0.25) is 11.8 Å². The van der Waals surface area contributed by atoms with Crippen LogP contribution in [0.2, 0.25) is 0 Å². The Morgan fingerprint density at radius 3 is 1.98 bits per heavy atom. The van der Waals surface area contributed by atoms with Crippen molar-refractivity contribution in [2.24, 2.45) is 0 Å². The summed E-state index contributed by atoms with van der Waals surface area (Å²) in [7, 11) is -4.15. The van der Waals surface area contributed by atoms with Crippen LogP contribution in [0.1, 0.15) is 70.1 Å². The van der Waals surface area contributed by atoms with E-state index in [1.807, 2.05) is 46.8 Å². The van der Waals surface area contributed by atoms with Crippen molar-refractivity contribution in [2.45, 2.75) is 83.8 Å². The van der Waals surface area contributed by atoms with Crippen LogP contribution < -0.4 is 9.62 Å². The van der Waals surface area contributed by atoms with Gasteiger partial charge in [-0.3, -0.25) is 13.9 Å². The molecule has 42 heavy (non-hydrogen) atoms. The second-order valence-electron chi connectivity index (χ2n) is 11.0. The molecule has 3 rings (SSSR count). The van der Waals surface area contributed by atoms with E-state index < -0.39 is 34.3 Å². The number of hydrogen-bond donors (Lipinski definition) is 1. The van der Waals surface area contributed by atoms with Gasteiger partial charge in [-0.15, -0.1) is 0 Å². The SMILES string of the molecule is CC[C@H](C(=O)N[C@@H](C)CC)N(Cc1ccc(F)cc1)C(=O)CN(c1ccc(C(C)C)cc1)S(=O)(=O)c1ccc(C)cc1. The van der Waals surface area contributed by atoms with E-state index in [4.69, 9.17) is 0 Å². The summed E-state index contributed by atoms with van der Waals surface area (Å²) in [5.41, 5.74) is 2.89. The average Bonchev–Trinajstić information content (AvgIpc) is 2.96. The number of carbonyl (C=O) groups is 2. The number of nitrogens with zero attached hydrogens (tertiary/aromatic N) is 2. The fraction of sp³-hybridized carbons (Fsp3) is 0.394. The Labute approximate surface area is 249 Å². The summed E-state index contributed by atoms with van der Waals surface area (Å²) < 4.78 is 42.8. The van der Waals surface area contributed by atoms with Gasteiger partial charge in [0.05, 0.1) is 10.6 Å². The Kier molecular flexibility index (Phi) is 11.3. The summed E-state index contributed by atoms with van der Waals surface area (Å²) in [6, 6.07) is 18.3. The molecule has 0 aliphatic carbocycles. The van der Waals surface area contributed by atoms with E-state index in [1.54, 1.807) is 43.3 Å². The van der Waals surface area contributed by atoms with E-state index in [1.165, 1.54) is 29.2 Å². The number of nitrogens with one attached hydrogen (secondary N) is 1. The summed E-state index contributed by atoms with van der Waals surface area (Å²) in [6.07, 6.45) is 1.02. The number of rotatable bonds is 13. The third kappa shape index (κ3) is 8.18. The highest BCUT2D eigenvalue weighted by Gasteiger charge is 2.34. The molecule has 0 saturated heterocycles. The molecule has 0 radical (unpaired) electrons. The maximum Gasteiger partial charge on any atom is 0.264 e. The smallest absolute Gasteiger partial charge is 0.264 e. The Morgan fingerprint density at radius 2 is 1.45 bits per heavy atom. The van der Waals surface area contributed by atoms with Crippen molar-refractivity contribution in [1.29, 1.82) is 0 Å². The molecule has 0 aromatic heterocycles. The van der Waals surface area contributed by atoms with Gasteiger partial charge < -0.3 is 10.2 Å². The van der Waals surface area contributed by atoms with Gasteiger partial charge in [0, 0.05) is 12.6 Å². The zero-order valence-electron chi connectivity index (χ0n) is 25.3. The van der Waals surface area contributed by atoms with Crippen molar-refractivity contribution in [3.8, 4) is 0 Å². The number of amides is 2. The van der Waals surface area contributed by atoms with Crippen molar-refractivity contribution in [3.63, 3.8) is 0 Å². The highest BCUT2D eigenvalue weighted by molar-refractivity contribution is 7.92. The van der Waals surface area contributed by atoms with Crippen LogP contribution in [0.25, 0.3) is 0 Å². The Morgan fingerprint density at radius 1 is 0.857 bits per heavy atom. The fourth-order valence-corrected chi connectivity index (χ4v) is 5.95. The first kappa shape index (κ1) is 32.8. The lowest BCUT2D eigenvalue weighted by Crippen LogP contribution is -2.53. The molecule has 0 heterocycles. The Balaban J connectivity index is 2.07. The lowest BCUT2D eigenvalue weighted by Gasteiger charge is -2.33. The summed E-state index contributed by atoms with van der Waals surface area (Å²) in [5.74, 6) is -1.05. The van der Waals surface area contributed by atoms with E-state index in [9.17, 15) is 22.4 Å². The summed E-state index contributed by atoms with van der Waals surface area (Å²) in [5, 5.41) is 2.95. The van der Waals surface area contributed by atoms with E-state index in [0.717, 1.165) is 15.4 Å². The van der Waals surface area contributed by atoms with Crippen LogP contribution in [0.4, 0.5) is 10.1 Å². The van der Waals surface area contributed by atoms with Gasteiger partial charge in [0.1, 0.15) is 18.4 Å². The maximum atomic E-state index is 14.1. The molecule has 3 aromatic carbocycles. The quantitative estimate of drug-likeness (QED) is 0.256. The minimum atomic E-state index is -4.15. The second-order valence-corrected chi connectivity index (χ2v) is 12.8. The standard InChI is InChI=1S/C33H42FN3O4S/c1-7-25(6)35-33(39)31(8-2)36(21-26-11-15-28(34)16-12-26)32(38)22-37(29-17-13-27(14-18-29)23(3)4)42(40,41)30-19-9-24(5)10-20-30/h9-20,23,25,31H,7-8,21-22H2,1-6H3,(H,35,39)/t25-,31+/m0/s1. The highest BCUT2D eigenvalue weighted by Crippen LogP contribution is 2.27. The molecule has 9 heteroatoms. The summed E-state index contributed by atoms with van der Waals surface area (Å²) >= 11 is 0. The summed E-state index contributed by atoms with van der Waals surface area (Å²) in [6.45, 7) is 11.1. The molecule has 0 spiro atoms. The molecule has 3 aromatic rings. The molecule has 2 amide bonds. The molecule has 0 aliphatic rings. The van der Waals surface area contributed by atoms with Gasteiger partial charge in [0.25, 0.3) is 10.0 Å². The molecule has 0 aliphatic heterocycles. The first-order valence-corrected chi connectivity index (χ1v) is 15.8. The first-order chi connectivity index (χ1) is 19.9. The van der Waals surface area contributed by atoms with Gasteiger partial charge in [0.15, 0.2) is 0 Å². The van der Waals surface area contributed by atoms with E-state index >= 15 is 0 Å². The number of benzene rings is 3. The third-order valence-corrected chi connectivity index (χ3v) is 9.18. The molecule has 226 valence electrons. The molecular weight excluding hydrogens is 553 g/mol. The lowest BCUT2D eigenvalue weighted by molar-refractivity contribution is -0.140. The molecule has 0 unspecified atom stereocenters.